The SMILES string of the molecule is NC(=O)c1nn(CC(=O)N(C(C=O)CNCc2cccc(Cl)c2F)[C@H]2CC[C@H](O)CC2)c2ccccc12. The van der Waals surface area contributed by atoms with Crippen molar-refractivity contribution in [3.8, 4) is 0 Å². The Balaban J connectivity index is 1.56. The number of nitrogens with one attached hydrogen (secondary N) is 1. The summed E-state index contributed by atoms with van der Waals surface area (Å²) in [6.45, 7) is 0.000651. The minimum absolute atomic E-state index is 0.00517. The van der Waals surface area contributed by atoms with E-state index in [-0.39, 0.29) is 42.3 Å². The van der Waals surface area contributed by atoms with Crippen LogP contribution in [-0.2, 0) is 22.7 Å². The fourth-order valence-electron chi connectivity index (χ4n) is 4.89. The first-order chi connectivity index (χ1) is 17.8. The predicted molar refractivity (Wildman–Crippen MR) is 136 cm³/mol. The normalized spacial score (nSPS) is 18.5. The fourth-order valence-corrected chi connectivity index (χ4v) is 5.08. The minimum Gasteiger partial charge on any atom is -0.393 e. The summed E-state index contributed by atoms with van der Waals surface area (Å²) < 4.78 is 15.7. The van der Waals surface area contributed by atoms with Crippen LogP contribution < -0.4 is 11.1 Å². The number of hydrogen-bond acceptors (Lipinski definition) is 6. The van der Waals surface area contributed by atoms with Crippen molar-refractivity contribution in [3.63, 3.8) is 0 Å². The summed E-state index contributed by atoms with van der Waals surface area (Å²) in [5.74, 6) is -1.61. The van der Waals surface area contributed by atoms with Gasteiger partial charge in [0.25, 0.3) is 5.91 Å². The average Bonchev–Trinajstić information content (AvgIpc) is 3.25. The number of nitrogens with zero attached hydrogens (tertiary/aromatic N) is 3. The van der Waals surface area contributed by atoms with Crippen molar-refractivity contribution in [1.29, 1.82) is 0 Å². The monoisotopic (exact) mass is 529 g/mol. The van der Waals surface area contributed by atoms with Gasteiger partial charge in [0.05, 0.1) is 16.6 Å². The molecule has 0 radical (unpaired) electrons. The number of halogens is 2. The lowest BCUT2D eigenvalue weighted by Gasteiger charge is -2.39. The molecule has 11 heteroatoms. The molecule has 1 heterocycles. The largest absolute Gasteiger partial charge is 0.393 e. The van der Waals surface area contributed by atoms with Gasteiger partial charge in [-0.1, -0.05) is 41.9 Å². The van der Waals surface area contributed by atoms with E-state index in [2.05, 4.69) is 10.4 Å². The van der Waals surface area contributed by atoms with Gasteiger partial charge in [-0.3, -0.25) is 14.3 Å². The summed E-state index contributed by atoms with van der Waals surface area (Å²) in [6, 6.07) is 10.5. The Morgan fingerprint density at radius 2 is 1.95 bits per heavy atom. The molecule has 1 atom stereocenters. The summed E-state index contributed by atoms with van der Waals surface area (Å²) in [6.07, 6.45) is 2.34. The van der Waals surface area contributed by atoms with Gasteiger partial charge in [0, 0.05) is 30.1 Å². The summed E-state index contributed by atoms with van der Waals surface area (Å²) >= 11 is 5.86. The van der Waals surface area contributed by atoms with E-state index >= 15 is 0 Å². The number of amides is 2. The van der Waals surface area contributed by atoms with Crippen LogP contribution in [0.25, 0.3) is 10.9 Å². The Morgan fingerprint density at radius 3 is 2.65 bits per heavy atom. The van der Waals surface area contributed by atoms with Crippen molar-refractivity contribution in [3.05, 3.63) is 64.6 Å². The summed E-state index contributed by atoms with van der Waals surface area (Å²) in [5, 5.41) is 17.8. The Bertz CT molecular complexity index is 1290. The van der Waals surface area contributed by atoms with Crippen LogP contribution in [0, 0.1) is 5.82 Å². The number of aromatic nitrogens is 2. The van der Waals surface area contributed by atoms with E-state index in [1.165, 1.54) is 15.6 Å². The highest BCUT2D eigenvalue weighted by Gasteiger charge is 2.34. The number of aldehydes is 1. The lowest BCUT2D eigenvalue weighted by molar-refractivity contribution is -0.141. The molecule has 4 N–H and O–H groups in total. The molecule has 3 aromatic rings. The number of primary amides is 1. The van der Waals surface area contributed by atoms with E-state index in [1.54, 1.807) is 36.4 Å². The molecule has 196 valence electrons. The number of rotatable bonds is 10. The van der Waals surface area contributed by atoms with E-state index in [9.17, 15) is 23.9 Å². The van der Waals surface area contributed by atoms with E-state index in [0.717, 1.165) is 0 Å². The van der Waals surface area contributed by atoms with Crippen molar-refractivity contribution in [2.75, 3.05) is 6.54 Å². The number of benzene rings is 2. The van der Waals surface area contributed by atoms with Crippen molar-refractivity contribution < 1.29 is 23.9 Å². The molecule has 0 aliphatic heterocycles. The molecule has 37 heavy (non-hydrogen) atoms. The molecule has 0 bridgehead atoms. The highest BCUT2D eigenvalue weighted by atomic mass is 35.5. The first-order valence-electron chi connectivity index (χ1n) is 12.1. The molecule has 1 aliphatic carbocycles. The quantitative estimate of drug-likeness (QED) is 0.346. The molecular weight excluding hydrogens is 501 g/mol. The number of aliphatic hydroxyl groups is 1. The molecule has 4 rings (SSSR count). The van der Waals surface area contributed by atoms with Gasteiger partial charge in [-0.2, -0.15) is 5.10 Å². The van der Waals surface area contributed by atoms with E-state index in [4.69, 9.17) is 17.3 Å². The van der Waals surface area contributed by atoms with E-state index < -0.39 is 23.9 Å². The van der Waals surface area contributed by atoms with Crippen LogP contribution >= 0.6 is 11.6 Å². The lowest BCUT2D eigenvalue weighted by Crippen LogP contribution is -2.54. The predicted octanol–water partition coefficient (Wildman–Crippen LogP) is 2.42. The van der Waals surface area contributed by atoms with E-state index in [1.807, 2.05) is 0 Å². The van der Waals surface area contributed by atoms with Crippen molar-refractivity contribution >= 4 is 40.6 Å². The second-order valence-electron chi connectivity index (χ2n) is 9.20. The number of hydrogen-bond donors (Lipinski definition) is 3. The van der Waals surface area contributed by atoms with Crippen LogP contribution in [0.3, 0.4) is 0 Å². The molecule has 1 fully saturated rings. The molecule has 1 aliphatic rings. The number of para-hydroxylation sites is 1. The van der Waals surface area contributed by atoms with Crippen LogP contribution in [0.1, 0.15) is 41.7 Å². The fraction of sp³-hybridized carbons (Fsp3) is 0.385. The highest BCUT2D eigenvalue weighted by Crippen LogP contribution is 2.26. The number of carbonyl (C=O) groups excluding carboxylic acids is 3. The van der Waals surface area contributed by atoms with Crippen LogP contribution in [0.5, 0.6) is 0 Å². The lowest BCUT2D eigenvalue weighted by atomic mass is 9.91. The maximum Gasteiger partial charge on any atom is 0.269 e. The van der Waals surface area contributed by atoms with Crippen molar-refractivity contribution in [1.82, 2.24) is 20.0 Å². The first-order valence-corrected chi connectivity index (χ1v) is 12.5. The van der Waals surface area contributed by atoms with Crippen LogP contribution in [0.4, 0.5) is 4.39 Å². The number of aliphatic hydroxyl groups excluding tert-OH is 1. The van der Waals surface area contributed by atoms with Crippen LogP contribution in [0.15, 0.2) is 42.5 Å². The molecule has 1 aromatic heterocycles. The van der Waals surface area contributed by atoms with Crippen LogP contribution in [0.2, 0.25) is 5.02 Å². The molecule has 9 nitrogen and oxygen atoms in total. The maximum absolute atomic E-state index is 14.3. The number of nitrogens with two attached hydrogens (primary N) is 1. The van der Waals surface area contributed by atoms with Gasteiger partial charge in [0.15, 0.2) is 5.69 Å². The summed E-state index contributed by atoms with van der Waals surface area (Å²) in [7, 11) is 0. The average molecular weight is 530 g/mol. The Kier molecular flexibility index (Phi) is 8.52. The topological polar surface area (TPSA) is 131 Å². The third kappa shape index (κ3) is 5.98. The third-order valence-corrected chi connectivity index (χ3v) is 7.03. The molecule has 1 saturated carbocycles. The van der Waals surface area contributed by atoms with Crippen LogP contribution in [-0.4, -0.2) is 62.6 Å². The molecule has 2 amide bonds. The standard InChI is InChI=1S/C26H29ClFN5O4/c27-21-6-3-4-16(24(21)28)12-30-13-18(15-34)33(17-8-10-19(35)11-9-17)23(36)14-32-22-7-2-1-5-20(22)25(31-32)26(29)37/h1-7,15,17-19,30,35H,8-14H2,(H2,29,37)/t17-,18?,19-. The molecule has 1 unspecified atom stereocenters. The third-order valence-electron chi connectivity index (χ3n) is 6.74. The smallest absolute Gasteiger partial charge is 0.269 e. The molecular formula is C26H29ClFN5O4. The van der Waals surface area contributed by atoms with Crippen molar-refractivity contribution in [2.45, 2.75) is 57.0 Å². The Hall–Kier alpha value is -3.34. The number of fused-ring (bicyclic) bond motifs is 1. The van der Waals surface area contributed by atoms with Gasteiger partial charge in [0.2, 0.25) is 5.91 Å². The summed E-state index contributed by atoms with van der Waals surface area (Å²) in [5.41, 5.74) is 6.46. The van der Waals surface area contributed by atoms with Gasteiger partial charge in [-0.15, -0.1) is 0 Å². The highest BCUT2D eigenvalue weighted by molar-refractivity contribution is 6.30. The van der Waals surface area contributed by atoms with Gasteiger partial charge >= 0.3 is 0 Å². The van der Waals surface area contributed by atoms with Gasteiger partial charge < -0.3 is 25.9 Å². The zero-order chi connectivity index (χ0) is 26.5. The zero-order valence-corrected chi connectivity index (χ0v) is 20.9. The van der Waals surface area contributed by atoms with Crippen molar-refractivity contribution in [2.24, 2.45) is 5.73 Å². The molecule has 2 aromatic carbocycles. The minimum atomic E-state index is -0.840. The Morgan fingerprint density at radius 1 is 1.22 bits per heavy atom. The van der Waals surface area contributed by atoms with Gasteiger partial charge in [-0.05, 0) is 37.8 Å². The second kappa shape index (κ2) is 11.8. The molecule has 0 spiro atoms. The zero-order valence-electron chi connectivity index (χ0n) is 20.1. The molecule has 0 saturated heterocycles. The Labute approximate surface area is 218 Å². The first kappa shape index (κ1) is 26.7. The van der Waals surface area contributed by atoms with E-state index in [0.29, 0.717) is 48.4 Å². The van der Waals surface area contributed by atoms with Gasteiger partial charge in [-0.25, -0.2) is 4.39 Å². The van der Waals surface area contributed by atoms with Gasteiger partial charge in [0.1, 0.15) is 24.7 Å². The second-order valence-corrected chi connectivity index (χ2v) is 9.61. The number of carbonyl (C=O) groups is 3. The summed E-state index contributed by atoms with van der Waals surface area (Å²) in [4.78, 5) is 39.3. The maximum atomic E-state index is 14.3.